The van der Waals surface area contributed by atoms with E-state index in [1.54, 1.807) is 27.0 Å². The first kappa shape index (κ1) is 21.9. The van der Waals surface area contributed by atoms with Gasteiger partial charge in [0.2, 0.25) is 0 Å². The van der Waals surface area contributed by atoms with Gasteiger partial charge >= 0.3 is 5.97 Å². The topological polar surface area (TPSA) is 67.7 Å². The summed E-state index contributed by atoms with van der Waals surface area (Å²) >= 11 is 1.55. The van der Waals surface area contributed by atoms with Crippen molar-refractivity contribution in [3.05, 3.63) is 89.9 Å². The van der Waals surface area contributed by atoms with Gasteiger partial charge in [0, 0.05) is 37.9 Å². The van der Waals surface area contributed by atoms with Crippen LogP contribution in [-0.4, -0.2) is 59.3 Å². The zero-order chi connectivity index (χ0) is 23.3. The van der Waals surface area contributed by atoms with Crippen LogP contribution in [0.15, 0.2) is 84.2 Å². The van der Waals surface area contributed by atoms with Crippen LogP contribution in [0.5, 0.6) is 0 Å². The minimum absolute atomic E-state index is 0.190. The third-order valence-electron chi connectivity index (χ3n) is 5.77. The number of aromatic nitrogens is 2. The van der Waals surface area contributed by atoms with Crippen LogP contribution in [0.1, 0.15) is 10.5 Å². The zero-order valence-corrected chi connectivity index (χ0v) is 19.4. The number of carbonyl (C=O) groups is 2. The van der Waals surface area contributed by atoms with Gasteiger partial charge in [-0.05, 0) is 35.7 Å². The summed E-state index contributed by atoms with van der Waals surface area (Å²) in [6.07, 6.45) is 0. The Bertz CT molecular complexity index is 1250. The molecule has 0 bridgehead atoms. The van der Waals surface area contributed by atoms with Crippen LogP contribution in [0.25, 0.3) is 16.3 Å². The molecule has 1 amide bonds. The summed E-state index contributed by atoms with van der Waals surface area (Å²) < 4.78 is 7.02. The average molecular weight is 473 g/mol. The Morgan fingerprint density at radius 1 is 0.853 bits per heavy atom. The molecule has 0 N–H and O–H groups in total. The number of piperazine rings is 1. The van der Waals surface area contributed by atoms with Gasteiger partial charge in [-0.1, -0.05) is 42.5 Å². The normalized spacial score (nSPS) is 13.6. The number of ether oxygens (including phenoxy) is 1. The van der Waals surface area contributed by atoms with Crippen molar-refractivity contribution < 1.29 is 14.3 Å². The molecular weight excluding hydrogens is 448 g/mol. The van der Waals surface area contributed by atoms with E-state index in [0.29, 0.717) is 18.8 Å². The second-order valence-corrected chi connectivity index (χ2v) is 8.87. The smallest absolute Gasteiger partial charge is 0.357 e. The number of para-hydroxylation sites is 2. The van der Waals surface area contributed by atoms with Crippen LogP contribution in [-0.2, 0) is 9.53 Å². The summed E-state index contributed by atoms with van der Waals surface area (Å²) in [6.45, 7) is 2.38. The van der Waals surface area contributed by atoms with E-state index >= 15 is 0 Å². The summed E-state index contributed by atoms with van der Waals surface area (Å²) in [5.41, 5.74) is 2.88. The highest BCUT2D eigenvalue weighted by atomic mass is 32.1. The number of carbonyl (C=O) groups excluding carboxylic acids is 2. The van der Waals surface area contributed by atoms with Gasteiger partial charge in [0.25, 0.3) is 5.91 Å². The SMILES string of the molecule is O=C(OCC(=O)N1CCN(c2ccccc2)CC1)c1cc(-c2cccs2)nn1-c1ccccc1. The van der Waals surface area contributed by atoms with Crippen molar-refractivity contribution in [2.75, 3.05) is 37.7 Å². The van der Waals surface area contributed by atoms with Crippen molar-refractivity contribution in [2.45, 2.75) is 0 Å². The Morgan fingerprint density at radius 3 is 2.18 bits per heavy atom. The molecule has 7 nitrogen and oxygen atoms in total. The number of amides is 1. The van der Waals surface area contributed by atoms with Gasteiger partial charge in [0.15, 0.2) is 12.3 Å². The van der Waals surface area contributed by atoms with Gasteiger partial charge < -0.3 is 14.5 Å². The molecule has 3 heterocycles. The Balaban J connectivity index is 1.24. The highest BCUT2D eigenvalue weighted by molar-refractivity contribution is 7.13. The molecule has 172 valence electrons. The fourth-order valence-electron chi connectivity index (χ4n) is 3.98. The Morgan fingerprint density at radius 2 is 1.53 bits per heavy atom. The van der Waals surface area contributed by atoms with E-state index in [-0.39, 0.29) is 18.2 Å². The number of hydrogen-bond acceptors (Lipinski definition) is 6. The third kappa shape index (κ3) is 4.72. The number of esters is 1. The molecular formula is C26H24N4O3S. The zero-order valence-electron chi connectivity index (χ0n) is 18.5. The van der Waals surface area contributed by atoms with E-state index in [2.05, 4.69) is 22.1 Å². The first-order chi connectivity index (χ1) is 16.7. The van der Waals surface area contributed by atoms with E-state index in [0.717, 1.165) is 29.3 Å². The lowest BCUT2D eigenvalue weighted by atomic mass is 10.2. The first-order valence-electron chi connectivity index (χ1n) is 11.1. The molecule has 34 heavy (non-hydrogen) atoms. The van der Waals surface area contributed by atoms with Gasteiger partial charge in [0.05, 0.1) is 10.6 Å². The van der Waals surface area contributed by atoms with Gasteiger partial charge in [-0.3, -0.25) is 4.79 Å². The molecule has 1 aliphatic heterocycles. The second kappa shape index (κ2) is 9.93. The molecule has 0 saturated carbocycles. The van der Waals surface area contributed by atoms with Crippen LogP contribution in [0, 0.1) is 0 Å². The largest absolute Gasteiger partial charge is 0.451 e. The van der Waals surface area contributed by atoms with Crippen LogP contribution in [0.3, 0.4) is 0 Å². The number of thiophene rings is 1. The second-order valence-electron chi connectivity index (χ2n) is 7.92. The van der Waals surface area contributed by atoms with Crippen LogP contribution in [0.2, 0.25) is 0 Å². The quantitative estimate of drug-likeness (QED) is 0.395. The highest BCUT2D eigenvalue weighted by Crippen LogP contribution is 2.26. The number of rotatable bonds is 6. The van der Waals surface area contributed by atoms with E-state index in [1.165, 1.54) is 0 Å². The maximum Gasteiger partial charge on any atom is 0.357 e. The summed E-state index contributed by atoms with van der Waals surface area (Å²) in [5.74, 6) is -0.763. The number of nitrogens with zero attached hydrogens (tertiary/aromatic N) is 4. The van der Waals surface area contributed by atoms with Gasteiger partial charge in [-0.2, -0.15) is 5.10 Å². The van der Waals surface area contributed by atoms with Crippen molar-refractivity contribution >= 4 is 28.9 Å². The molecule has 1 aliphatic rings. The molecule has 0 aliphatic carbocycles. The first-order valence-corrected chi connectivity index (χ1v) is 12.0. The van der Waals surface area contributed by atoms with E-state index in [4.69, 9.17) is 4.74 Å². The summed E-state index contributed by atoms with van der Waals surface area (Å²) in [6, 6.07) is 25.2. The maximum absolute atomic E-state index is 13.0. The molecule has 0 spiro atoms. The molecule has 2 aromatic heterocycles. The van der Waals surface area contributed by atoms with E-state index < -0.39 is 5.97 Å². The molecule has 0 radical (unpaired) electrons. The number of anilines is 1. The molecule has 1 saturated heterocycles. The molecule has 1 fully saturated rings. The number of hydrogen-bond donors (Lipinski definition) is 0. The third-order valence-corrected chi connectivity index (χ3v) is 6.67. The van der Waals surface area contributed by atoms with E-state index in [1.807, 2.05) is 66.0 Å². The minimum atomic E-state index is -0.574. The van der Waals surface area contributed by atoms with Gasteiger partial charge in [-0.15, -0.1) is 11.3 Å². The van der Waals surface area contributed by atoms with Crippen molar-refractivity contribution in [1.82, 2.24) is 14.7 Å². The molecule has 0 atom stereocenters. The Hall–Kier alpha value is -3.91. The Labute approximate surface area is 201 Å². The summed E-state index contributed by atoms with van der Waals surface area (Å²) in [7, 11) is 0. The number of benzene rings is 2. The fraction of sp³-hybridized carbons (Fsp3) is 0.192. The minimum Gasteiger partial charge on any atom is -0.451 e. The molecule has 8 heteroatoms. The molecule has 0 unspecified atom stereocenters. The van der Waals surface area contributed by atoms with Crippen molar-refractivity contribution in [2.24, 2.45) is 0 Å². The monoisotopic (exact) mass is 472 g/mol. The highest BCUT2D eigenvalue weighted by Gasteiger charge is 2.24. The summed E-state index contributed by atoms with van der Waals surface area (Å²) in [4.78, 5) is 30.7. The predicted molar refractivity (Wildman–Crippen MR) is 132 cm³/mol. The van der Waals surface area contributed by atoms with Crippen LogP contribution >= 0.6 is 11.3 Å². The Kier molecular flexibility index (Phi) is 6.40. The average Bonchev–Trinajstić information content (AvgIpc) is 3.59. The van der Waals surface area contributed by atoms with Crippen molar-refractivity contribution in [3.8, 4) is 16.3 Å². The fourth-order valence-corrected chi connectivity index (χ4v) is 4.66. The van der Waals surface area contributed by atoms with Crippen molar-refractivity contribution in [3.63, 3.8) is 0 Å². The lowest BCUT2D eigenvalue weighted by molar-refractivity contribution is -0.134. The summed E-state index contributed by atoms with van der Waals surface area (Å²) in [5, 5.41) is 6.59. The van der Waals surface area contributed by atoms with Crippen LogP contribution in [0.4, 0.5) is 5.69 Å². The maximum atomic E-state index is 13.0. The molecule has 2 aromatic carbocycles. The lowest BCUT2D eigenvalue weighted by Crippen LogP contribution is -2.49. The lowest BCUT2D eigenvalue weighted by Gasteiger charge is -2.36. The molecule has 4 aromatic rings. The van der Waals surface area contributed by atoms with Crippen molar-refractivity contribution in [1.29, 1.82) is 0 Å². The standard InChI is InChI=1S/C26H24N4O3S/c31-25(29-15-13-28(14-16-29)20-8-3-1-4-9-20)19-33-26(32)23-18-22(24-12-7-17-34-24)27-30(23)21-10-5-2-6-11-21/h1-12,17-18H,13-16,19H2. The van der Waals surface area contributed by atoms with Crippen LogP contribution < -0.4 is 4.90 Å². The molecule has 5 rings (SSSR count). The van der Waals surface area contributed by atoms with Gasteiger partial charge in [0.1, 0.15) is 5.69 Å². The predicted octanol–water partition coefficient (Wildman–Crippen LogP) is 4.11. The van der Waals surface area contributed by atoms with Gasteiger partial charge in [-0.25, -0.2) is 9.48 Å². The van der Waals surface area contributed by atoms with E-state index in [9.17, 15) is 9.59 Å².